The molecular formula is C81H126N8O6. The van der Waals surface area contributed by atoms with E-state index < -0.39 is 5.97 Å². The van der Waals surface area contributed by atoms with Crippen LogP contribution in [0.5, 0.6) is 0 Å². The number of rotatable bonds is 12. The van der Waals surface area contributed by atoms with Gasteiger partial charge in [0.25, 0.3) is 0 Å². The van der Waals surface area contributed by atoms with Gasteiger partial charge in [0.05, 0.1) is 30.6 Å². The number of nitrogens with zero attached hydrogens (tertiary/aromatic N) is 5. The Bertz CT molecular complexity index is 3280. The summed E-state index contributed by atoms with van der Waals surface area (Å²) in [5.74, 6) is -0.564. The van der Waals surface area contributed by atoms with Crippen LogP contribution in [0.15, 0.2) is 97.1 Å². The molecule has 526 valence electrons. The van der Waals surface area contributed by atoms with Crippen molar-refractivity contribution in [1.82, 2.24) is 40.4 Å². The maximum atomic E-state index is 12.4. The molecule has 0 radical (unpaired) electrons. The number of nitrogens with one attached hydrogen (secondary N) is 3. The second-order valence-corrected chi connectivity index (χ2v) is 33.6. The Hall–Kier alpha value is -5.93. The minimum absolute atomic E-state index is 0. The Morgan fingerprint density at radius 2 is 0.737 bits per heavy atom. The number of amides is 4. The molecule has 4 aromatic rings. The number of carboxylic acid groups (broad SMARTS) is 1. The van der Waals surface area contributed by atoms with Gasteiger partial charge in [0, 0.05) is 67.5 Å². The van der Waals surface area contributed by atoms with E-state index in [0.29, 0.717) is 22.8 Å². The van der Waals surface area contributed by atoms with Crippen LogP contribution in [0.1, 0.15) is 253 Å². The van der Waals surface area contributed by atoms with Crippen LogP contribution < -0.4 is 16.0 Å². The average molecular weight is 1310 g/mol. The highest BCUT2D eigenvalue weighted by atomic mass is 16.4. The van der Waals surface area contributed by atoms with Crippen LogP contribution in [-0.2, 0) is 45.6 Å². The smallest absolute Gasteiger partial charge is 0.311 e. The molecular weight excluding hydrogens is 1180 g/mol. The lowest BCUT2D eigenvalue weighted by molar-refractivity contribution is -0.139. The quantitative estimate of drug-likeness (QED) is 0.108. The van der Waals surface area contributed by atoms with Gasteiger partial charge in [-0.3, -0.25) is 28.9 Å². The lowest BCUT2D eigenvalue weighted by Crippen LogP contribution is -2.47. The van der Waals surface area contributed by atoms with Crippen LogP contribution in [0.25, 0.3) is 0 Å². The lowest BCUT2D eigenvalue weighted by atomic mass is 9.73. The van der Waals surface area contributed by atoms with Crippen molar-refractivity contribution < 1.29 is 33.4 Å². The van der Waals surface area contributed by atoms with Crippen LogP contribution in [-0.4, -0.2) is 151 Å². The van der Waals surface area contributed by atoms with Crippen LogP contribution >= 0.6 is 0 Å². The summed E-state index contributed by atoms with van der Waals surface area (Å²) in [4.78, 5) is 70.8. The fourth-order valence-corrected chi connectivity index (χ4v) is 18.1. The third kappa shape index (κ3) is 18.1. The zero-order chi connectivity index (χ0) is 68.7. The molecule has 14 nitrogen and oxygen atoms in total. The number of piperidine rings is 4. The molecule has 4 aliphatic carbocycles. The van der Waals surface area contributed by atoms with E-state index in [2.05, 4.69) is 183 Å². The average Bonchev–Trinajstić information content (AvgIpc) is 1.62. The van der Waals surface area contributed by atoms with Gasteiger partial charge in [-0.25, -0.2) is 0 Å². The lowest BCUT2D eigenvalue weighted by Gasteiger charge is -2.42. The summed E-state index contributed by atoms with van der Waals surface area (Å²) in [6.45, 7) is 44.0. The first-order valence-corrected chi connectivity index (χ1v) is 36.5. The fraction of sp³-hybridized carbons (Fsp3) is 0.642. The topological polar surface area (TPSA) is 158 Å². The zero-order valence-electron chi connectivity index (χ0n) is 60.9. The third-order valence-electron chi connectivity index (χ3n) is 22.7. The first-order valence-electron chi connectivity index (χ1n) is 36.5. The fourth-order valence-electron chi connectivity index (χ4n) is 18.1. The molecule has 4 spiro atoms. The number of carboxylic acids is 1. The largest absolute Gasteiger partial charge is 0.481 e. The number of carbonyl (C=O) groups excluding carboxylic acids is 4. The van der Waals surface area contributed by atoms with Gasteiger partial charge in [-0.15, -0.1) is 0 Å². The van der Waals surface area contributed by atoms with E-state index in [1.807, 2.05) is 30.9 Å². The minimum atomic E-state index is -0.665. The maximum Gasteiger partial charge on any atom is 0.311 e. The van der Waals surface area contributed by atoms with Gasteiger partial charge in [0.2, 0.25) is 23.6 Å². The summed E-state index contributed by atoms with van der Waals surface area (Å²) in [7, 11) is 0. The highest BCUT2D eigenvalue weighted by Crippen LogP contribution is 2.55. The Kier molecular flexibility index (Phi) is 23.5. The van der Waals surface area contributed by atoms with E-state index in [9.17, 15) is 29.1 Å². The molecule has 0 aromatic heterocycles. The molecule has 8 aliphatic rings. The standard InChI is InChI=1S/C21H31N3O2.C21H32N2O.C20H30N2O.C19H27NO2.3H2/c1-4-24(5-2)20(26)15-23-12-10-21(11-13-23)14-19(22-16(3)25)17-8-6-7-9-18(17)21;1-16(24)22-19-15-21(18-8-6-5-7-17(18)19)10-13-23(14-11-21)12-9-20(2,3)4;1-15(23)21-18-13-20(17-8-6-5-7-16(17)18)9-11-22(12-10-20)14-19(2,3)4;1-18(2,3)13-20-10-8-19(9-11-20)12-15(17(21)22)14-6-4-5-7-16(14)19;;;/h6-9,19H,4-5,10-15H2,1-3H3,(H,22,25);5-8,19H,9-15H2,1-4H3,(H,22,24);5-8,18H,9-14H2,1-4H3,(H,21,23);4-7,15H,8-13H2,1-3H3,(H,21,22);3*1H/t2*19-;18-;;;;/m000..../s1. The summed E-state index contributed by atoms with van der Waals surface area (Å²) >= 11 is 0. The number of benzene rings is 4. The molecule has 14 heteroatoms. The number of aliphatic carboxylic acids is 1. The summed E-state index contributed by atoms with van der Waals surface area (Å²) in [5, 5.41) is 19.0. The van der Waals surface area contributed by atoms with Gasteiger partial charge in [-0.2, -0.15) is 0 Å². The molecule has 4 N–H and O–H groups in total. The monoisotopic (exact) mass is 1310 g/mol. The second-order valence-electron chi connectivity index (χ2n) is 33.6. The number of likely N-dealkylation sites (N-methyl/N-ethyl adjacent to an activating group) is 1. The molecule has 4 amide bonds. The predicted molar refractivity (Wildman–Crippen MR) is 391 cm³/mol. The van der Waals surface area contributed by atoms with Crippen molar-refractivity contribution in [3.63, 3.8) is 0 Å². The Balaban J connectivity index is 0.000000204. The van der Waals surface area contributed by atoms with Crippen molar-refractivity contribution >= 4 is 29.6 Å². The molecule has 1 unspecified atom stereocenters. The van der Waals surface area contributed by atoms with E-state index in [1.54, 1.807) is 20.8 Å². The number of hydrogen-bond acceptors (Lipinski definition) is 9. The summed E-state index contributed by atoms with van der Waals surface area (Å²) in [5.41, 5.74) is 12.5. The van der Waals surface area contributed by atoms with E-state index in [4.69, 9.17) is 0 Å². The van der Waals surface area contributed by atoms with Crippen molar-refractivity contribution in [2.75, 3.05) is 91.6 Å². The van der Waals surface area contributed by atoms with Crippen LogP contribution in [0, 0.1) is 16.2 Å². The highest BCUT2D eigenvalue weighted by Gasteiger charge is 2.50. The van der Waals surface area contributed by atoms with Gasteiger partial charge in [-0.05, 0) is 222 Å². The molecule has 12 rings (SSSR count). The SMILES string of the molecule is CC(=O)N[C@H]1CC2(CCN(CC(C)(C)C)CC2)c2ccccc21.CC(=O)N[C@H]1CC2(CCN(CCC(C)(C)C)CC2)c2ccccc21.CC(C)(C)CN1CCC2(CC1)CC(C(=O)O)c1ccccc12.CCN(CC)C(=O)CN1CCC2(CC1)C[C@H](NC(C)=O)c1ccccc12.[HH].[HH].[HH]. The first-order chi connectivity index (χ1) is 44.9. The highest BCUT2D eigenvalue weighted by molar-refractivity contribution is 5.79. The molecule has 4 aromatic carbocycles. The van der Waals surface area contributed by atoms with E-state index in [1.165, 1.54) is 110 Å². The number of fused-ring (bicyclic) bond motifs is 8. The van der Waals surface area contributed by atoms with Gasteiger partial charge in [0.1, 0.15) is 0 Å². The third-order valence-corrected chi connectivity index (χ3v) is 22.7. The van der Waals surface area contributed by atoms with Crippen molar-refractivity contribution in [2.24, 2.45) is 16.2 Å². The Morgan fingerprint density at radius 3 is 1.04 bits per heavy atom. The molecule has 4 heterocycles. The van der Waals surface area contributed by atoms with Crippen molar-refractivity contribution in [3.05, 3.63) is 142 Å². The maximum absolute atomic E-state index is 12.4. The summed E-state index contributed by atoms with van der Waals surface area (Å²) < 4.78 is 0. The van der Waals surface area contributed by atoms with Gasteiger partial charge in [0.15, 0.2) is 0 Å². The van der Waals surface area contributed by atoms with E-state index >= 15 is 0 Å². The number of carbonyl (C=O) groups is 5. The summed E-state index contributed by atoms with van der Waals surface area (Å²) in [6, 6.07) is 34.8. The summed E-state index contributed by atoms with van der Waals surface area (Å²) in [6.07, 6.45) is 14.3. The number of likely N-dealkylation sites (tertiary alicyclic amines) is 4. The van der Waals surface area contributed by atoms with Gasteiger partial charge < -0.3 is 40.7 Å². The van der Waals surface area contributed by atoms with Crippen LogP contribution in [0.2, 0.25) is 0 Å². The molecule has 0 bridgehead atoms. The molecule has 4 atom stereocenters. The normalized spacial score (nSPS) is 23.1. The number of hydrogen-bond donors (Lipinski definition) is 4. The molecule has 95 heavy (non-hydrogen) atoms. The predicted octanol–water partition coefficient (Wildman–Crippen LogP) is 14.5. The molecule has 4 aliphatic heterocycles. The van der Waals surface area contributed by atoms with Crippen molar-refractivity contribution in [2.45, 2.75) is 226 Å². The minimum Gasteiger partial charge on any atom is -0.481 e. The van der Waals surface area contributed by atoms with E-state index in [-0.39, 0.29) is 73.6 Å². The molecule has 0 saturated carbocycles. The Morgan fingerprint density at radius 1 is 0.442 bits per heavy atom. The van der Waals surface area contributed by atoms with E-state index in [0.717, 1.165) is 103 Å². The second kappa shape index (κ2) is 30.5. The van der Waals surface area contributed by atoms with Gasteiger partial charge in [-0.1, -0.05) is 159 Å². The molecule has 4 fully saturated rings. The molecule has 4 saturated heterocycles. The van der Waals surface area contributed by atoms with Crippen LogP contribution in [0.4, 0.5) is 0 Å². The Labute approximate surface area is 576 Å². The van der Waals surface area contributed by atoms with Crippen molar-refractivity contribution in [1.29, 1.82) is 0 Å². The van der Waals surface area contributed by atoms with Gasteiger partial charge >= 0.3 is 5.97 Å². The zero-order valence-corrected chi connectivity index (χ0v) is 60.9. The van der Waals surface area contributed by atoms with Crippen molar-refractivity contribution in [3.8, 4) is 0 Å². The first kappa shape index (κ1) is 73.3. The van der Waals surface area contributed by atoms with Crippen LogP contribution in [0.3, 0.4) is 0 Å².